The molecule has 3 heteroatoms. The smallest absolute Gasteiger partial charge is 0.131 e. The maximum absolute atomic E-state index is 14.0. The number of hydrogen-bond donors (Lipinski definition) is 1. The highest BCUT2D eigenvalue weighted by molar-refractivity contribution is 5.43. The number of hydrogen-bond acceptors (Lipinski definition) is 1. The van der Waals surface area contributed by atoms with Crippen molar-refractivity contribution in [3.05, 3.63) is 69.3 Å². The van der Waals surface area contributed by atoms with Crippen LogP contribution in [0.15, 0.2) is 24.3 Å². The van der Waals surface area contributed by atoms with Gasteiger partial charge in [-0.2, -0.15) is 0 Å². The molecule has 0 aliphatic carbocycles. The zero-order chi connectivity index (χ0) is 15.0. The molecule has 1 atom stereocenters. The Balaban J connectivity index is 2.54. The molecular weight excluding hydrogens is 256 g/mol. The van der Waals surface area contributed by atoms with Gasteiger partial charge in [-0.1, -0.05) is 12.1 Å². The van der Waals surface area contributed by atoms with Crippen molar-refractivity contribution < 1.29 is 8.78 Å². The van der Waals surface area contributed by atoms with Gasteiger partial charge in [-0.15, -0.1) is 0 Å². The van der Waals surface area contributed by atoms with E-state index in [2.05, 4.69) is 0 Å². The second kappa shape index (κ2) is 5.33. The molecule has 0 aliphatic heterocycles. The fourth-order valence-corrected chi connectivity index (χ4v) is 2.40. The summed E-state index contributed by atoms with van der Waals surface area (Å²) in [6.07, 6.45) is 0. The molecule has 0 spiro atoms. The quantitative estimate of drug-likeness (QED) is 0.871. The van der Waals surface area contributed by atoms with Crippen molar-refractivity contribution in [3.8, 4) is 0 Å². The fraction of sp³-hybridized carbons (Fsp3) is 0.294. The number of nitrogens with two attached hydrogens (primary N) is 1. The van der Waals surface area contributed by atoms with Crippen molar-refractivity contribution in [2.45, 2.75) is 33.7 Å². The Labute approximate surface area is 118 Å². The minimum atomic E-state index is -0.599. The minimum Gasteiger partial charge on any atom is -0.320 e. The number of halogens is 2. The van der Waals surface area contributed by atoms with Crippen LogP contribution in [0, 0.1) is 39.3 Å². The highest BCUT2D eigenvalue weighted by atomic mass is 19.1. The summed E-state index contributed by atoms with van der Waals surface area (Å²) < 4.78 is 27.3. The second-order valence-electron chi connectivity index (χ2n) is 5.39. The molecule has 20 heavy (non-hydrogen) atoms. The Kier molecular flexibility index (Phi) is 3.91. The summed E-state index contributed by atoms with van der Waals surface area (Å²) >= 11 is 0. The second-order valence-corrected chi connectivity index (χ2v) is 5.39. The van der Waals surface area contributed by atoms with Gasteiger partial charge in [0.15, 0.2) is 0 Å². The molecule has 0 aliphatic rings. The maximum Gasteiger partial charge on any atom is 0.131 e. The predicted octanol–water partition coefficient (Wildman–Crippen LogP) is 4.25. The summed E-state index contributed by atoms with van der Waals surface area (Å²) in [6, 6.07) is 5.82. The lowest BCUT2D eigenvalue weighted by Crippen LogP contribution is -2.16. The van der Waals surface area contributed by atoms with E-state index >= 15 is 0 Å². The molecule has 0 radical (unpaired) electrons. The zero-order valence-electron chi connectivity index (χ0n) is 12.2. The SMILES string of the molecule is Cc1cc(C)c(C(N)c2cc(C)c(F)cc2F)cc1C. The lowest BCUT2D eigenvalue weighted by atomic mass is 9.91. The molecule has 2 aromatic carbocycles. The fourth-order valence-electron chi connectivity index (χ4n) is 2.40. The monoisotopic (exact) mass is 275 g/mol. The topological polar surface area (TPSA) is 26.0 Å². The first-order valence-corrected chi connectivity index (χ1v) is 6.60. The molecule has 0 aromatic heterocycles. The van der Waals surface area contributed by atoms with Crippen molar-refractivity contribution in [2.75, 3.05) is 0 Å². The molecule has 2 N–H and O–H groups in total. The summed E-state index contributed by atoms with van der Waals surface area (Å²) in [4.78, 5) is 0. The van der Waals surface area contributed by atoms with Gasteiger partial charge >= 0.3 is 0 Å². The highest BCUT2D eigenvalue weighted by Gasteiger charge is 2.18. The third-order valence-corrected chi connectivity index (χ3v) is 3.83. The van der Waals surface area contributed by atoms with Crippen LogP contribution in [0.3, 0.4) is 0 Å². The maximum atomic E-state index is 14.0. The first-order valence-electron chi connectivity index (χ1n) is 6.60. The average Bonchev–Trinajstić information content (AvgIpc) is 2.37. The van der Waals surface area contributed by atoms with E-state index in [1.54, 1.807) is 6.92 Å². The first kappa shape index (κ1) is 14.7. The molecule has 2 rings (SSSR count). The first-order chi connectivity index (χ1) is 9.31. The molecule has 0 saturated carbocycles. The largest absolute Gasteiger partial charge is 0.320 e. The number of rotatable bonds is 2. The van der Waals surface area contributed by atoms with Crippen molar-refractivity contribution in [1.82, 2.24) is 0 Å². The molecule has 106 valence electrons. The summed E-state index contributed by atoms with van der Waals surface area (Å²) in [5, 5.41) is 0. The predicted molar refractivity (Wildman–Crippen MR) is 77.8 cm³/mol. The van der Waals surface area contributed by atoms with Gasteiger partial charge in [0.1, 0.15) is 11.6 Å². The van der Waals surface area contributed by atoms with Gasteiger partial charge in [-0.3, -0.25) is 0 Å². The Bertz CT molecular complexity index is 605. The summed E-state index contributed by atoms with van der Waals surface area (Å²) in [7, 11) is 0. The van der Waals surface area contributed by atoms with Crippen LogP contribution in [-0.2, 0) is 0 Å². The molecule has 0 saturated heterocycles. The van der Waals surface area contributed by atoms with E-state index in [-0.39, 0.29) is 0 Å². The van der Waals surface area contributed by atoms with E-state index in [4.69, 9.17) is 5.73 Å². The van der Waals surface area contributed by atoms with Crippen molar-refractivity contribution in [2.24, 2.45) is 5.73 Å². The van der Waals surface area contributed by atoms with Crippen molar-refractivity contribution in [1.29, 1.82) is 0 Å². The Morgan fingerprint density at radius 2 is 1.25 bits per heavy atom. The Morgan fingerprint density at radius 3 is 1.90 bits per heavy atom. The van der Waals surface area contributed by atoms with Gasteiger partial charge in [-0.05, 0) is 61.6 Å². The summed E-state index contributed by atoms with van der Waals surface area (Å²) in [5.41, 5.74) is 11.1. The molecule has 0 bridgehead atoms. The normalized spacial score (nSPS) is 12.6. The van der Waals surface area contributed by atoms with Crippen LogP contribution in [0.25, 0.3) is 0 Å². The number of aryl methyl sites for hydroxylation is 4. The van der Waals surface area contributed by atoms with Crippen LogP contribution in [0.5, 0.6) is 0 Å². The van der Waals surface area contributed by atoms with Gasteiger partial charge in [0.2, 0.25) is 0 Å². The van der Waals surface area contributed by atoms with Gasteiger partial charge in [0.25, 0.3) is 0 Å². The van der Waals surface area contributed by atoms with Crippen LogP contribution in [-0.4, -0.2) is 0 Å². The van der Waals surface area contributed by atoms with Gasteiger partial charge < -0.3 is 5.73 Å². The third-order valence-electron chi connectivity index (χ3n) is 3.83. The molecule has 0 fully saturated rings. The highest BCUT2D eigenvalue weighted by Crippen LogP contribution is 2.28. The minimum absolute atomic E-state index is 0.329. The van der Waals surface area contributed by atoms with Gasteiger partial charge in [0, 0.05) is 11.6 Å². The molecule has 0 heterocycles. The molecule has 2 aromatic rings. The van der Waals surface area contributed by atoms with E-state index in [0.717, 1.165) is 22.8 Å². The molecular formula is C17H19F2N. The van der Waals surface area contributed by atoms with E-state index in [1.807, 2.05) is 32.9 Å². The van der Waals surface area contributed by atoms with Crippen LogP contribution in [0.2, 0.25) is 0 Å². The van der Waals surface area contributed by atoms with Crippen molar-refractivity contribution in [3.63, 3.8) is 0 Å². The summed E-state index contributed by atoms with van der Waals surface area (Å²) in [5.74, 6) is -1.14. The molecule has 1 nitrogen and oxygen atoms in total. The zero-order valence-corrected chi connectivity index (χ0v) is 12.2. The lowest BCUT2D eigenvalue weighted by molar-refractivity contribution is 0.560. The van der Waals surface area contributed by atoms with E-state index < -0.39 is 17.7 Å². The average molecular weight is 275 g/mol. The summed E-state index contributed by atoms with van der Waals surface area (Å²) in [6.45, 7) is 7.59. The molecule has 1 unspecified atom stereocenters. The van der Waals surface area contributed by atoms with Crippen LogP contribution in [0.4, 0.5) is 8.78 Å². The Morgan fingerprint density at radius 1 is 0.700 bits per heavy atom. The van der Waals surface area contributed by atoms with Gasteiger partial charge in [-0.25, -0.2) is 8.78 Å². The van der Waals surface area contributed by atoms with E-state index in [0.29, 0.717) is 11.1 Å². The lowest BCUT2D eigenvalue weighted by Gasteiger charge is -2.18. The van der Waals surface area contributed by atoms with Crippen LogP contribution >= 0.6 is 0 Å². The Hall–Kier alpha value is -1.74. The van der Waals surface area contributed by atoms with E-state index in [9.17, 15) is 8.78 Å². The van der Waals surface area contributed by atoms with Crippen LogP contribution in [0.1, 0.15) is 39.4 Å². The van der Waals surface area contributed by atoms with Crippen LogP contribution < -0.4 is 5.73 Å². The van der Waals surface area contributed by atoms with E-state index in [1.165, 1.54) is 11.6 Å². The number of benzene rings is 2. The van der Waals surface area contributed by atoms with Crippen molar-refractivity contribution >= 4 is 0 Å². The van der Waals surface area contributed by atoms with Gasteiger partial charge in [0.05, 0.1) is 6.04 Å². The molecule has 0 amide bonds. The third kappa shape index (κ3) is 2.59. The standard InChI is InChI=1S/C17H19F2N/c1-9-5-11(3)13(6-10(9)2)17(20)14-7-12(4)15(18)8-16(14)19/h5-8,17H,20H2,1-4H3.